The third-order valence-electron chi connectivity index (χ3n) is 3.24. The second kappa shape index (κ2) is 5.59. The van der Waals surface area contributed by atoms with Crippen molar-refractivity contribution in [1.82, 2.24) is 9.97 Å². The van der Waals surface area contributed by atoms with Gasteiger partial charge in [-0.25, -0.2) is 4.98 Å². The largest absolute Gasteiger partial charge is 0.379 e. The maximum atomic E-state index is 4.47. The number of anilines is 1. The zero-order valence-corrected chi connectivity index (χ0v) is 12.7. The maximum Gasteiger partial charge on any atom is 0.106 e. The lowest BCUT2D eigenvalue weighted by molar-refractivity contribution is 1.10. The fourth-order valence-electron chi connectivity index (χ4n) is 2.22. The number of halogens is 1. The fourth-order valence-corrected chi connectivity index (χ4v) is 2.62. The second-order valence-corrected chi connectivity index (χ2v) is 5.43. The van der Waals surface area contributed by atoms with E-state index in [1.54, 1.807) is 0 Å². The van der Waals surface area contributed by atoms with Crippen LogP contribution in [0, 0.1) is 6.92 Å². The summed E-state index contributed by atoms with van der Waals surface area (Å²) in [5.41, 5.74) is 4.25. The molecule has 0 aliphatic carbocycles. The highest BCUT2D eigenvalue weighted by Gasteiger charge is 2.04. The van der Waals surface area contributed by atoms with Crippen molar-refractivity contribution in [3.63, 3.8) is 0 Å². The molecule has 4 heteroatoms. The van der Waals surface area contributed by atoms with Gasteiger partial charge in [0, 0.05) is 18.1 Å². The predicted molar refractivity (Wildman–Crippen MR) is 85.7 cm³/mol. The van der Waals surface area contributed by atoms with Gasteiger partial charge in [-0.15, -0.1) is 0 Å². The van der Waals surface area contributed by atoms with Crippen LogP contribution in [0.4, 0.5) is 5.69 Å². The van der Waals surface area contributed by atoms with Crippen LogP contribution in [0.1, 0.15) is 11.3 Å². The van der Waals surface area contributed by atoms with E-state index in [1.807, 2.05) is 31.3 Å². The van der Waals surface area contributed by atoms with Crippen molar-refractivity contribution in [2.75, 3.05) is 5.32 Å². The van der Waals surface area contributed by atoms with Crippen LogP contribution in [0.2, 0.25) is 0 Å². The van der Waals surface area contributed by atoms with E-state index in [1.165, 1.54) is 5.56 Å². The molecule has 1 aromatic carbocycles. The molecule has 3 nitrogen and oxygen atoms in total. The minimum Gasteiger partial charge on any atom is -0.379 e. The number of fused-ring (bicyclic) bond motifs is 1. The van der Waals surface area contributed by atoms with Crippen molar-refractivity contribution in [3.05, 3.63) is 64.5 Å². The van der Waals surface area contributed by atoms with Gasteiger partial charge < -0.3 is 5.32 Å². The zero-order valence-electron chi connectivity index (χ0n) is 11.1. The van der Waals surface area contributed by atoms with Crippen LogP contribution < -0.4 is 5.32 Å². The van der Waals surface area contributed by atoms with Crippen molar-refractivity contribution >= 4 is 32.5 Å². The molecule has 0 aliphatic rings. The van der Waals surface area contributed by atoms with E-state index in [4.69, 9.17) is 0 Å². The predicted octanol–water partition coefficient (Wildman–Crippen LogP) is 4.31. The number of aromatic nitrogens is 2. The number of hydrogen-bond acceptors (Lipinski definition) is 3. The molecule has 0 saturated carbocycles. The molecule has 20 heavy (non-hydrogen) atoms. The Labute approximate surface area is 126 Å². The highest BCUT2D eigenvalue weighted by atomic mass is 79.9. The Balaban J connectivity index is 1.87. The smallest absolute Gasteiger partial charge is 0.106 e. The highest BCUT2D eigenvalue weighted by Crippen LogP contribution is 2.20. The number of para-hydroxylation sites is 1. The summed E-state index contributed by atoms with van der Waals surface area (Å²) < 4.78 is 0.854. The van der Waals surface area contributed by atoms with Crippen molar-refractivity contribution in [2.24, 2.45) is 0 Å². The van der Waals surface area contributed by atoms with E-state index in [0.29, 0.717) is 0 Å². The molecule has 0 radical (unpaired) electrons. The molecule has 0 spiro atoms. The van der Waals surface area contributed by atoms with Crippen molar-refractivity contribution in [3.8, 4) is 0 Å². The SMILES string of the molecule is Cc1nc(Br)ccc1NCc1cccc2cccnc12. The highest BCUT2D eigenvalue weighted by molar-refractivity contribution is 9.10. The summed E-state index contributed by atoms with van der Waals surface area (Å²) in [6, 6.07) is 14.3. The third-order valence-corrected chi connectivity index (χ3v) is 3.68. The van der Waals surface area contributed by atoms with E-state index in [2.05, 4.69) is 55.5 Å². The van der Waals surface area contributed by atoms with Crippen LogP contribution in [0.15, 0.2) is 53.3 Å². The van der Waals surface area contributed by atoms with E-state index >= 15 is 0 Å². The molecule has 0 aliphatic heterocycles. The number of aryl methyl sites for hydroxylation is 1. The standard InChI is InChI=1S/C16H14BrN3/c1-11-14(7-8-15(17)20-11)19-10-13-5-2-4-12-6-3-9-18-16(12)13/h2-9,19H,10H2,1H3. The van der Waals surface area contributed by atoms with Crippen molar-refractivity contribution < 1.29 is 0 Å². The first kappa shape index (κ1) is 13.1. The van der Waals surface area contributed by atoms with Gasteiger partial charge in [0.15, 0.2) is 0 Å². The van der Waals surface area contributed by atoms with E-state index in [0.717, 1.165) is 33.4 Å². The van der Waals surface area contributed by atoms with Crippen LogP contribution in [-0.4, -0.2) is 9.97 Å². The first-order valence-corrected chi connectivity index (χ1v) is 7.23. The molecule has 3 aromatic rings. The quantitative estimate of drug-likeness (QED) is 0.728. The van der Waals surface area contributed by atoms with E-state index < -0.39 is 0 Å². The van der Waals surface area contributed by atoms with Crippen molar-refractivity contribution in [2.45, 2.75) is 13.5 Å². The van der Waals surface area contributed by atoms with Crippen molar-refractivity contribution in [1.29, 1.82) is 0 Å². The van der Waals surface area contributed by atoms with Crippen LogP contribution in [-0.2, 0) is 6.54 Å². The Bertz CT molecular complexity index is 750. The number of pyridine rings is 2. The third kappa shape index (κ3) is 2.65. The van der Waals surface area contributed by atoms with Crippen LogP contribution >= 0.6 is 15.9 Å². The van der Waals surface area contributed by atoms with Gasteiger partial charge in [-0.05, 0) is 46.6 Å². The lowest BCUT2D eigenvalue weighted by Crippen LogP contribution is -2.03. The molecule has 2 aromatic heterocycles. The topological polar surface area (TPSA) is 37.8 Å². The van der Waals surface area contributed by atoms with Gasteiger partial charge in [0.2, 0.25) is 0 Å². The van der Waals surface area contributed by atoms with Gasteiger partial charge in [-0.1, -0.05) is 24.3 Å². The summed E-state index contributed by atoms with van der Waals surface area (Å²) in [7, 11) is 0. The first-order valence-electron chi connectivity index (χ1n) is 6.44. The van der Waals surface area contributed by atoms with Gasteiger partial charge in [0.25, 0.3) is 0 Å². The molecule has 0 fully saturated rings. The van der Waals surface area contributed by atoms with Gasteiger partial charge in [0.1, 0.15) is 4.60 Å². The molecule has 0 amide bonds. The monoisotopic (exact) mass is 327 g/mol. The lowest BCUT2D eigenvalue weighted by Gasteiger charge is -2.10. The van der Waals surface area contributed by atoms with Crippen LogP contribution in [0.5, 0.6) is 0 Å². The number of benzene rings is 1. The molecule has 0 atom stereocenters. The van der Waals surface area contributed by atoms with Gasteiger partial charge in [-0.2, -0.15) is 0 Å². The Morgan fingerprint density at radius 2 is 1.95 bits per heavy atom. The Morgan fingerprint density at radius 3 is 2.80 bits per heavy atom. The molecule has 0 unspecified atom stereocenters. The van der Waals surface area contributed by atoms with E-state index in [-0.39, 0.29) is 0 Å². The molecular formula is C16H14BrN3. The number of hydrogen-bond donors (Lipinski definition) is 1. The Hall–Kier alpha value is -1.94. The summed E-state index contributed by atoms with van der Waals surface area (Å²) in [6.45, 7) is 2.73. The van der Waals surface area contributed by atoms with Gasteiger partial charge in [-0.3, -0.25) is 4.98 Å². The summed E-state index contributed by atoms with van der Waals surface area (Å²) in [4.78, 5) is 8.85. The molecule has 0 saturated heterocycles. The van der Waals surface area contributed by atoms with Crippen LogP contribution in [0.3, 0.4) is 0 Å². The summed E-state index contributed by atoms with van der Waals surface area (Å²) in [6.07, 6.45) is 1.83. The Kier molecular flexibility index (Phi) is 3.65. The van der Waals surface area contributed by atoms with Gasteiger partial charge >= 0.3 is 0 Å². The number of rotatable bonds is 3. The number of nitrogens with zero attached hydrogens (tertiary/aromatic N) is 2. The molecular weight excluding hydrogens is 314 g/mol. The minimum atomic E-state index is 0.735. The summed E-state index contributed by atoms with van der Waals surface area (Å²) >= 11 is 3.38. The average molecular weight is 328 g/mol. The maximum absolute atomic E-state index is 4.47. The number of nitrogens with one attached hydrogen (secondary N) is 1. The van der Waals surface area contributed by atoms with Gasteiger partial charge in [0.05, 0.1) is 16.9 Å². The zero-order chi connectivity index (χ0) is 13.9. The first-order chi connectivity index (χ1) is 9.74. The Morgan fingerprint density at radius 1 is 1.10 bits per heavy atom. The molecule has 3 rings (SSSR count). The molecule has 0 bridgehead atoms. The summed E-state index contributed by atoms with van der Waals surface area (Å²) in [5.74, 6) is 0. The minimum absolute atomic E-state index is 0.735. The summed E-state index contributed by atoms with van der Waals surface area (Å²) in [5, 5.41) is 4.59. The second-order valence-electron chi connectivity index (χ2n) is 4.61. The molecule has 2 heterocycles. The van der Waals surface area contributed by atoms with E-state index in [9.17, 15) is 0 Å². The average Bonchev–Trinajstić information content (AvgIpc) is 2.46. The molecule has 100 valence electrons. The molecule has 1 N–H and O–H groups in total. The van der Waals surface area contributed by atoms with Crippen LogP contribution in [0.25, 0.3) is 10.9 Å². The lowest BCUT2D eigenvalue weighted by atomic mass is 10.1. The fraction of sp³-hybridized carbons (Fsp3) is 0.125. The normalized spacial score (nSPS) is 10.7.